The van der Waals surface area contributed by atoms with E-state index in [-0.39, 0.29) is 23.3 Å². The second-order valence-electron chi connectivity index (χ2n) is 11.1. The van der Waals surface area contributed by atoms with Crippen molar-refractivity contribution in [2.45, 2.75) is 63.3 Å². The number of ether oxygens (including phenoxy) is 1. The molecule has 1 saturated carbocycles. The van der Waals surface area contributed by atoms with Gasteiger partial charge in [0, 0.05) is 24.2 Å². The molecule has 1 amide bonds. The Morgan fingerprint density at radius 3 is 2.65 bits per heavy atom. The van der Waals surface area contributed by atoms with Crippen molar-refractivity contribution in [1.29, 1.82) is 0 Å². The first-order valence-electron chi connectivity index (χ1n) is 13.1. The molecule has 8 nitrogen and oxygen atoms in total. The average molecular weight is 507 g/mol. The molecule has 6 rings (SSSR count). The molecule has 3 aliphatic rings. The van der Waals surface area contributed by atoms with Crippen molar-refractivity contribution in [3.05, 3.63) is 53.1 Å². The summed E-state index contributed by atoms with van der Waals surface area (Å²) >= 11 is 0. The van der Waals surface area contributed by atoms with Crippen LogP contribution in [0, 0.1) is 11.7 Å². The topological polar surface area (TPSA) is 97.0 Å². The third-order valence-corrected chi connectivity index (χ3v) is 8.22. The maximum absolute atomic E-state index is 15.2. The Hall–Kier alpha value is -3.33. The standard InChI is InChI=1S/C28H31FN4O4/c1-16-6-4-3-5-9-32(16)26(34)23-12-24(28(2)14-37-15-28)33-25(30-23)13-22(31-33)18-8-7-17(10-21(18)29)19-11-20(19)27(35)36/h7-8,10,12-13,16,19-20H,3-6,9,11,14-15H2,1-2H3,(H,35,36)/t16-,19+,20-/m1/s1. The lowest BCUT2D eigenvalue weighted by Crippen LogP contribution is -2.46. The number of carboxylic acids is 1. The van der Waals surface area contributed by atoms with Gasteiger partial charge in [-0.05, 0) is 62.8 Å². The molecule has 1 aliphatic carbocycles. The van der Waals surface area contributed by atoms with E-state index in [1.54, 1.807) is 22.7 Å². The van der Waals surface area contributed by atoms with Crippen LogP contribution in [0.2, 0.25) is 0 Å². The minimum atomic E-state index is -0.846. The number of halogens is 1. The van der Waals surface area contributed by atoms with Gasteiger partial charge in [0.2, 0.25) is 0 Å². The Morgan fingerprint density at radius 2 is 1.97 bits per heavy atom. The third kappa shape index (κ3) is 4.19. The minimum Gasteiger partial charge on any atom is -0.481 e. The number of fused-ring (bicyclic) bond motifs is 1. The molecule has 0 unspecified atom stereocenters. The van der Waals surface area contributed by atoms with E-state index in [9.17, 15) is 14.7 Å². The number of aliphatic carboxylic acids is 1. The Morgan fingerprint density at radius 1 is 1.16 bits per heavy atom. The Balaban J connectivity index is 1.39. The van der Waals surface area contributed by atoms with Crippen LogP contribution in [0.1, 0.15) is 73.6 Å². The predicted octanol–water partition coefficient (Wildman–Crippen LogP) is 4.42. The van der Waals surface area contributed by atoms with Crippen molar-refractivity contribution in [2.75, 3.05) is 19.8 Å². The zero-order chi connectivity index (χ0) is 25.9. The van der Waals surface area contributed by atoms with Gasteiger partial charge in [-0.2, -0.15) is 5.10 Å². The fourth-order valence-electron chi connectivity index (χ4n) is 5.73. The first kappa shape index (κ1) is 24.0. The first-order valence-corrected chi connectivity index (χ1v) is 13.1. The summed E-state index contributed by atoms with van der Waals surface area (Å²) in [6, 6.07) is 8.54. The highest BCUT2D eigenvalue weighted by atomic mass is 19.1. The van der Waals surface area contributed by atoms with E-state index in [2.05, 4.69) is 18.8 Å². The van der Waals surface area contributed by atoms with Gasteiger partial charge in [-0.25, -0.2) is 13.9 Å². The fourth-order valence-corrected chi connectivity index (χ4v) is 5.73. The fraction of sp³-hybridized carbons (Fsp3) is 0.500. The monoisotopic (exact) mass is 506 g/mol. The molecular formula is C28H31FN4O4. The van der Waals surface area contributed by atoms with Crippen LogP contribution in [-0.2, 0) is 14.9 Å². The van der Waals surface area contributed by atoms with E-state index in [1.165, 1.54) is 6.07 Å². The van der Waals surface area contributed by atoms with Gasteiger partial charge in [0.05, 0.1) is 35.9 Å². The SMILES string of the molecule is C[C@@H]1CCCCCN1C(=O)c1cc(C2(C)COC2)n2nc(-c3ccc([C@@H]4C[C@H]4C(=O)O)cc3F)cc2n1. The second-order valence-corrected chi connectivity index (χ2v) is 11.1. The normalized spacial score (nSPS) is 24.9. The van der Waals surface area contributed by atoms with Crippen LogP contribution in [0.15, 0.2) is 30.3 Å². The molecule has 1 aromatic carbocycles. The lowest BCUT2D eigenvalue weighted by Gasteiger charge is -2.38. The quantitative estimate of drug-likeness (QED) is 0.550. The van der Waals surface area contributed by atoms with Crippen LogP contribution in [0.3, 0.4) is 0 Å². The van der Waals surface area contributed by atoms with Crippen LogP contribution in [0.4, 0.5) is 4.39 Å². The van der Waals surface area contributed by atoms with Gasteiger partial charge in [-0.15, -0.1) is 0 Å². The number of hydrogen-bond acceptors (Lipinski definition) is 5. The number of benzene rings is 1. The van der Waals surface area contributed by atoms with Crippen molar-refractivity contribution in [1.82, 2.24) is 19.5 Å². The predicted molar refractivity (Wildman–Crippen MR) is 134 cm³/mol. The summed E-state index contributed by atoms with van der Waals surface area (Å²) < 4.78 is 22.4. The Labute approximate surface area is 214 Å². The highest BCUT2D eigenvalue weighted by molar-refractivity contribution is 5.93. The van der Waals surface area contributed by atoms with Crippen molar-refractivity contribution >= 4 is 17.5 Å². The molecule has 2 aromatic heterocycles. The van der Waals surface area contributed by atoms with Crippen LogP contribution >= 0.6 is 0 Å². The van der Waals surface area contributed by atoms with E-state index in [0.29, 0.717) is 54.3 Å². The molecule has 3 atom stereocenters. The summed E-state index contributed by atoms with van der Waals surface area (Å²) in [6.45, 7) is 5.88. The minimum absolute atomic E-state index is 0.0855. The van der Waals surface area contributed by atoms with Crippen molar-refractivity contribution in [2.24, 2.45) is 5.92 Å². The molecule has 0 radical (unpaired) electrons. The van der Waals surface area contributed by atoms with Crippen molar-refractivity contribution in [3.8, 4) is 11.3 Å². The summed E-state index contributed by atoms with van der Waals surface area (Å²) in [5.41, 5.74) is 2.78. The highest BCUT2D eigenvalue weighted by Gasteiger charge is 2.44. The van der Waals surface area contributed by atoms with Crippen molar-refractivity contribution in [3.63, 3.8) is 0 Å². The lowest BCUT2D eigenvalue weighted by atomic mass is 9.84. The van der Waals surface area contributed by atoms with E-state index < -0.39 is 17.7 Å². The molecule has 0 spiro atoms. The summed E-state index contributed by atoms with van der Waals surface area (Å²) in [4.78, 5) is 31.4. The van der Waals surface area contributed by atoms with Gasteiger partial charge in [-0.3, -0.25) is 9.59 Å². The molecule has 3 fully saturated rings. The number of nitrogens with zero attached hydrogens (tertiary/aromatic N) is 4. The second kappa shape index (κ2) is 8.90. The van der Waals surface area contributed by atoms with Crippen molar-refractivity contribution < 1.29 is 23.8 Å². The largest absolute Gasteiger partial charge is 0.481 e. The molecule has 37 heavy (non-hydrogen) atoms. The maximum Gasteiger partial charge on any atom is 0.307 e. The van der Waals surface area contributed by atoms with E-state index >= 15 is 4.39 Å². The van der Waals surface area contributed by atoms with Gasteiger partial charge < -0.3 is 14.7 Å². The van der Waals surface area contributed by atoms with Gasteiger partial charge in [0.25, 0.3) is 5.91 Å². The van der Waals surface area contributed by atoms with Gasteiger partial charge >= 0.3 is 5.97 Å². The summed E-state index contributed by atoms with van der Waals surface area (Å²) in [6.07, 6.45) is 4.73. The molecular weight excluding hydrogens is 475 g/mol. The van der Waals surface area contributed by atoms with Crippen LogP contribution < -0.4 is 0 Å². The molecule has 4 heterocycles. The first-order chi connectivity index (χ1) is 17.7. The number of rotatable bonds is 5. The number of amides is 1. The smallest absolute Gasteiger partial charge is 0.307 e. The Bertz CT molecular complexity index is 1400. The maximum atomic E-state index is 15.2. The zero-order valence-corrected chi connectivity index (χ0v) is 21.1. The molecule has 3 aromatic rings. The number of carbonyl (C=O) groups is 2. The van der Waals surface area contributed by atoms with Gasteiger partial charge in [0.1, 0.15) is 11.5 Å². The van der Waals surface area contributed by atoms with E-state index in [1.807, 2.05) is 11.0 Å². The molecule has 1 N–H and O–H groups in total. The van der Waals surface area contributed by atoms with Gasteiger partial charge in [0.15, 0.2) is 5.65 Å². The number of aromatic nitrogens is 3. The number of hydrogen-bond donors (Lipinski definition) is 1. The molecule has 0 bridgehead atoms. The van der Waals surface area contributed by atoms with Crippen LogP contribution in [0.5, 0.6) is 0 Å². The lowest BCUT2D eigenvalue weighted by molar-refractivity contribution is -0.138. The van der Waals surface area contributed by atoms with E-state index in [4.69, 9.17) is 9.84 Å². The van der Waals surface area contributed by atoms with E-state index in [0.717, 1.165) is 31.4 Å². The Kier molecular flexibility index (Phi) is 5.78. The number of carbonyl (C=O) groups excluding carboxylic acids is 1. The summed E-state index contributed by atoms with van der Waals surface area (Å²) in [5.74, 6) is -1.98. The van der Waals surface area contributed by atoms with Crippen LogP contribution in [0.25, 0.3) is 16.9 Å². The third-order valence-electron chi connectivity index (χ3n) is 8.22. The molecule has 2 aliphatic heterocycles. The van der Waals surface area contributed by atoms with Gasteiger partial charge in [-0.1, -0.05) is 18.9 Å². The average Bonchev–Trinajstić information content (AvgIpc) is 3.60. The summed E-state index contributed by atoms with van der Waals surface area (Å²) in [5, 5.41) is 13.9. The van der Waals surface area contributed by atoms with Crippen LogP contribution in [-0.4, -0.2) is 62.3 Å². The highest BCUT2D eigenvalue weighted by Crippen LogP contribution is 2.48. The molecule has 9 heteroatoms. The molecule has 194 valence electrons. The number of carboxylic acid groups (broad SMARTS) is 1. The molecule has 2 saturated heterocycles. The zero-order valence-electron chi connectivity index (χ0n) is 21.1. The summed E-state index contributed by atoms with van der Waals surface area (Å²) in [7, 11) is 0. The number of likely N-dealkylation sites (tertiary alicyclic amines) is 1.